The van der Waals surface area contributed by atoms with E-state index in [0.717, 1.165) is 17.9 Å². The van der Waals surface area contributed by atoms with E-state index in [1.54, 1.807) is 0 Å². The van der Waals surface area contributed by atoms with E-state index in [9.17, 15) is 5.11 Å². The highest BCUT2D eigenvalue weighted by Crippen LogP contribution is 2.25. The fourth-order valence-corrected chi connectivity index (χ4v) is 2.66. The SMILES string of the molecule is CC(C)C(CO)NC1Cc2ccc(Cl)cc2C1. The van der Waals surface area contributed by atoms with Crippen molar-refractivity contribution in [1.82, 2.24) is 5.32 Å². The fourth-order valence-electron chi connectivity index (χ4n) is 2.46. The van der Waals surface area contributed by atoms with Gasteiger partial charge in [0.25, 0.3) is 0 Å². The Labute approximate surface area is 108 Å². The summed E-state index contributed by atoms with van der Waals surface area (Å²) in [4.78, 5) is 0. The minimum Gasteiger partial charge on any atom is -0.395 e. The Balaban J connectivity index is 2.00. The number of halogens is 1. The van der Waals surface area contributed by atoms with Crippen LogP contribution in [0, 0.1) is 5.92 Å². The van der Waals surface area contributed by atoms with Crippen LogP contribution in [0.25, 0.3) is 0 Å². The standard InChI is InChI=1S/C14H20ClNO/c1-9(2)14(8-17)16-13-6-10-3-4-12(15)5-11(10)7-13/h3-5,9,13-14,16-17H,6-8H2,1-2H3. The zero-order chi connectivity index (χ0) is 12.4. The highest BCUT2D eigenvalue weighted by molar-refractivity contribution is 6.30. The van der Waals surface area contributed by atoms with Crippen molar-refractivity contribution in [2.24, 2.45) is 5.92 Å². The van der Waals surface area contributed by atoms with E-state index in [1.807, 2.05) is 6.07 Å². The number of nitrogens with one attached hydrogen (secondary N) is 1. The van der Waals surface area contributed by atoms with E-state index in [1.165, 1.54) is 11.1 Å². The molecule has 2 N–H and O–H groups in total. The lowest BCUT2D eigenvalue weighted by Gasteiger charge is -2.24. The maximum Gasteiger partial charge on any atom is 0.0587 e. The van der Waals surface area contributed by atoms with Gasteiger partial charge in [-0.2, -0.15) is 0 Å². The Kier molecular flexibility index (Phi) is 4.08. The molecule has 0 spiro atoms. The smallest absolute Gasteiger partial charge is 0.0587 e. The van der Waals surface area contributed by atoms with Crippen molar-refractivity contribution in [2.75, 3.05) is 6.61 Å². The van der Waals surface area contributed by atoms with E-state index in [0.29, 0.717) is 12.0 Å². The summed E-state index contributed by atoms with van der Waals surface area (Å²) in [5.41, 5.74) is 2.72. The summed E-state index contributed by atoms with van der Waals surface area (Å²) in [7, 11) is 0. The lowest BCUT2D eigenvalue weighted by Crippen LogP contribution is -2.44. The van der Waals surface area contributed by atoms with Crippen molar-refractivity contribution in [3.63, 3.8) is 0 Å². The molecule has 0 bridgehead atoms. The van der Waals surface area contributed by atoms with Gasteiger partial charge in [0.15, 0.2) is 0 Å². The van der Waals surface area contributed by atoms with Crippen LogP contribution in [0.4, 0.5) is 0 Å². The Morgan fingerprint density at radius 2 is 2.06 bits per heavy atom. The van der Waals surface area contributed by atoms with Crippen LogP contribution in [0.2, 0.25) is 5.02 Å². The molecule has 0 amide bonds. The molecule has 0 saturated heterocycles. The summed E-state index contributed by atoms with van der Waals surface area (Å²) in [6.45, 7) is 4.46. The van der Waals surface area contributed by atoms with Crippen LogP contribution in [-0.2, 0) is 12.8 Å². The Hall–Kier alpha value is -0.570. The predicted molar refractivity (Wildman–Crippen MR) is 71.5 cm³/mol. The molecule has 2 nitrogen and oxygen atoms in total. The molecule has 17 heavy (non-hydrogen) atoms. The molecule has 0 radical (unpaired) electrons. The molecule has 0 heterocycles. The van der Waals surface area contributed by atoms with Crippen molar-refractivity contribution in [2.45, 2.75) is 38.8 Å². The van der Waals surface area contributed by atoms with E-state index in [4.69, 9.17) is 11.6 Å². The zero-order valence-corrected chi connectivity index (χ0v) is 11.2. The zero-order valence-electron chi connectivity index (χ0n) is 10.4. The van der Waals surface area contributed by atoms with E-state index >= 15 is 0 Å². The van der Waals surface area contributed by atoms with Gasteiger partial charge in [-0.05, 0) is 42.0 Å². The summed E-state index contributed by atoms with van der Waals surface area (Å²) in [6.07, 6.45) is 2.05. The largest absolute Gasteiger partial charge is 0.395 e. The van der Waals surface area contributed by atoms with Gasteiger partial charge < -0.3 is 10.4 Å². The molecule has 1 aliphatic rings. The van der Waals surface area contributed by atoms with Gasteiger partial charge in [0.1, 0.15) is 0 Å². The first kappa shape index (κ1) is 12.9. The maximum atomic E-state index is 9.33. The number of benzene rings is 1. The average molecular weight is 254 g/mol. The summed E-state index contributed by atoms with van der Waals surface area (Å²) in [5, 5.41) is 13.7. The number of hydrogen-bond acceptors (Lipinski definition) is 2. The summed E-state index contributed by atoms with van der Waals surface area (Å²) in [6, 6.07) is 6.74. The second-order valence-electron chi connectivity index (χ2n) is 5.22. The molecule has 0 fully saturated rings. The minimum atomic E-state index is 0.185. The van der Waals surface area contributed by atoms with Crippen LogP contribution in [0.15, 0.2) is 18.2 Å². The summed E-state index contributed by atoms with van der Waals surface area (Å²) >= 11 is 5.99. The number of aliphatic hydroxyl groups excluding tert-OH is 1. The molecule has 1 aliphatic carbocycles. The van der Waals surface area contributed by atoms with Gasteiger partial charge in [-0.25, -0.2) is 0 Å². The Morgan fingerprint density at radius 3 is 2.71 bits per heavy atom. The van der Waals surface area contributed by atoms with Gasteiger partial charge >= 0.3 is 0 Å². The topological polar surface area (TPSA) is 32.3 Å². The summed E-state index contributed by atoms with van der Waals surface area (Å²) in [5.74, 6) is 0.451. The van der Waals surface area contributed by atoms with Gasteiger partial charge in [0, 0.05) is 17.1 Å². The van der Waals surface area contributed by atoms with Crippen LogP contribution in [0.3, 0.4) is 0 Å². The highest BCUT2D eigenvalue weighted by Gasteiger charge is 2.24. The van der Waals surface area contributed by atoms with E-state index < -0.39 is 0 Å². The van der Waals surface area contributed by atoms with Crippen molar-refractivity contribution < 1.29 is 5.11 Å². The van der Waals surface area contributed by atoms with E-state index in [2.05, 4.69) is 31.3 Å². The Morgan fingerprint density at radius 1 is 1.35 bits per heavy atom. The number of fused-ring (bicyclic) bond motifs is 1. The maximum absolute atomic E-state index is 9.33. The normalized spacial score (nSPS) is 20.6. The predicted octanol–water partition coefficient (Wildman–Crippen LogP) is 2.41. The van der Waals surface area contributed by atoms with Crippen molar-refractivity contribution in [1.29, 1.82) is 0 Å². The third-order valence-electron chi connectivity index (χ3n) is 3.55. The van der Waals surface area contributed by atoms with Gasteiger partial charge in [-0.1, -0.05) is 31.5 Å². The van der Waals surface area contributed by atoms with Crippen LogP contribution in [0.5, 0.6) is 0 Å². The number of hydrogen-bond donors (Lipinski definition) is 2. The monoisotopic (exact) mass is 253 g/mol. The van der Waals surface area contributed by atoms with Gasteiger partial charge in [0.05, 0.1) is 6.61 Å². The quantitative estimate of drug-likeness (QED) is 0.864. The molecule has 0 aromatic heterocycles. The Bertz CT molecular complexity index is 392. The fraction of sp³-hybridized carbons (Fsp3) is 0.571. The highest BCUT2D eigenvalue weighted by atomic mass is 35.5. The molecule has 0 aliphatic heterocycles. The van der Waals surface area contributed by atoms with Crippen LogP contribution >= 0.6 is 11.6 Å². The van der Waals surface area contributed by atoms with Gasteiger partial charge in [-0.15, -0.1) is 0 Å². The van der Waals surface area contributed by atoms with Crippen molar-refractivity contribution in [3.8, 4) is 0 Å². The van der Waals surface area contributed by atoms with E-state index in [-0.39, 0.29) is 12.6 Å². The third-order valence-corrected chi connectivity index (χ3v) is 3.79. The number of aliphatic hydroxyl groups is 1. The van der Waals surface area contributed by atoms with Gasteiger partial charge in [-0.3, -0.25) is 0 Å². The molecule has 1 aromatic carbocycles. The third kappa shape index (κ3) is 3.01. The van der Waals surface area contributed by atoms with Gasteiger partial charge in [0.2, 0.25) is 0 Å². The molecular weight excluding hydrogens is 234 g/mol. The molecule has 3 heteroatoms. The molecule has 2 rings (SSSR count). The first-order valence-corrected chi connectivity index (χ1v) is 6.62. The molecule has 0 saturated carbocycles. The second kappa shape index (κ2) is 5.38. The molecule has 2 unspecified atom stereocenters. The second-order valence-corrected chi connectivity index (χ2v) is 5.65. The molecule has 1 aromatic rings. The molecule has 94 valence electrons. The van der Waals surface area contributed by atoms with Crippen LogP contribution in [-0.4, -0.2) is 23.8 Å². The number of rotatable bonds is 4. The molecule has 2 atom stereocenters. The first-order valence-electron chi connectivity index (χ1n) is 6.24. The van der Waals surface area contributed by atoms with Crippen molar-refractivity contribution >= 4 is 11.6 Å². The van der Waals surface area contributed by atoms with Crippen LogP contribution in [0.1, 0.15) is 25.0 Å². The lowest BCUT2D eigenvalue weighted by molar-refractivity contribution is 0.199. The summed E-state index contributed by atoms with van der Waals surface area (Å²) < 4.78 is 0. The van der Waals surface area contributed by atoms with Crippen LogP contribution < -0.4 is 5.32 Å². The van der Waals surface area contributed by atoms with Crippen molar-refractivity contribution in [3.05, 3.63) is 34.3 Å². The first-order chi connectivity index (χ1) is 8.10. The average Bonchev–Trinajstić information content (AvgIpc) is 2.66. The molecular formula is C14H20ClNO. The lowest BCUT2D eigenvalue weighted by atomic mass is 10.0. The minimum absolute atomic E-state index is 0.185.